The number of aliphatic carboxylic acids is 1. The number of carboxylic acid groups (broad SMARTS) is 1. The number of esters is 1. The van der Waals surface area contributed by atoms with Crippen LogP contribution in [0, 0.1) is 0 Å². The fourth-order valence-corrected chi connectivity index (χ4v) is 1.18. The Morgan fingerprint density at radius 1 is 1.29 bits per heavy atom. The number of carbonyl (C=O) groups excluding carboxylic acids is 1. The first-order valence-electron chi connectivity index (χ1n) is 5.82. The molecule has 4 heteroatoms. The van der Waals surface area contributed by atoms with Crippen molar-refractivity contribution in [3.05, 3.63) is 24.3 Å². The van der Waals surface area contributed by atoms with Crippen molar-refractivity contribution >= 4 is 11.9 Å². The van der Waals surface area contributed by atoms with E-state index in [1.165, 1.54) is 6.08 Å². The minimum absolute atomic E-state index is 0.208. The van der Waals surface area contributed by atoms with Crippen molar-refractivity contribution < 1.29 is 19.4 Å². The summed E-state index contributed by atoms with van der Waals surface area (Å²) >= 11 is 0. The van der Waals surface area contributed by atoms with Crippen molar-refractivity contribution in [3.63, 3.8) is 0 Å². The number of carbonyl (C=O) groups is 2. The number of unbranched alkanes of at least 4 members (excludes halogenated alkanes) is 3. The van der Waals surface area contributed by atoms with Crippen LogP contribution in [-0.2, 0) is 14.3 Å². The molecule has 0 aromatic rings. The molecule has 0 aliphatic heterocycles. The van der Waals surface area contributed by atoms with E-state index in [-0.39, 0.29) is 12.0 Å². The quantitative estimate of drug-likeness (QED) is 0.382. The molecule has 0 rings (SSSR count). The molecule has 0 bridgehead atoms. The maximum Gasteiger partial charge on any atom is 0.333 e. The molecule has 0 saturated carbocycles. The van der Waals surface area contributed by atoms with Crippen LogP contribution in [0.25, 0.3) is 0 Å². The van der Waals surface area contributed by atoms with Crippen LogP contribution in [0.1, 0.15) is 39.0 Å². The summed E-state index contributed by atoms with van der Waals surface area (Å²) in [5.74, 6) is -1.48. The van der Waals surface area contributed by atoms with Crippen molar-refractivity contribution in [3.8, 4) is 0 Å². The molecular formula is C13H20O4. The molecule has 17 heavy (non-hydrogen) atoms. The van der Waals surface area contributed by atoms with Crippen LogP contribution in [0.4, 0.5) is 0 Å². The zero-order chi connectivity index (χ0) is 13.1. The van der Waals surface area contributed by atoms with Crippen LogP contribution in [0.15, 0.2) is 24.3 Å². The van der Waals surface area contributed by atoms with Crippen molar-refractivity contribution in [1.29, 1.82) is 0 Å². The Labute approximate surface area is 102 Å². The van der Waals surface area contributed by atoms with E-state index in [4.69, 9.17) is 9.84 Å². The van der Waals surface area contributed by atoms with E-state index in [9.17, 15) is 9.59 Å². The minimum atomic E-state index is -1.04. The number of rotatable bonds is 9. The van der Waals surface area contributed by atoms with Gasteiger partial charge in [0.05, 0.1) is 6.61 Å². The second kappa shape index (κ2) is 9.63. The van der Waals surface area contributed by atoms with E-state index >= 15 is 0 Å². The number of hydrogen-bond acceptors (Lipinski definition) is 3. The average Bonchev–Trinajstić information content (AvgIpc) is 2.27. The van der Waals surface area contributed by atoms with Crippen LogP contribution in [0.2, 0.25) is 0 Å². The number of allylic oxidation sites excluding steroid dienone is 1. The van der Waals surface area contributed by atoms with Crippen LogP contribution >= 0.6 is 0 Å². The predicted octanol–water partition coefficient (Wildman–Crippen LogP) is 2.70. The van der Waals surface area contributed by atoms with E-state index in [0.717, 1.165) is 31.8 Å². The van der Waals surface area contributed by atoms with Crippen LogP contribution in [-0.4, -0.2) is 23.7 Å². The molecule has 0 spiro atoms. The Morgan fingerprint density at radius 3 is 2.59 bits per heavy atom. The van der Waals surface area contributed by atoms with Gasteiger partial charge in [-0.15, -0.1) is 0 Å². The van der Waals surface area contributed by atoms with Gasteiger partial charge >= 0.3 is 11.9 Å². The molecule has 0 aliphatic rings. The predicted molar refractivity (Wildman–Crippen MR) is 65.6 cm³/mol. The molecule has 1 N–H and O–H groups in total. The smallest absolute Gasteiger partial charge is 0.333 e. The maximum atomic E-state index is 11.3. The molecular weight excluding hydrogens is 220 g/mol. The summed E-state index contributed by atoms with van der Waals surface area (Å²) in [5.41, 5.74) is 0.276. The molecule has 0 unspecified atom stereocenters. The highest BCUT2D eigenvalue weighted by molar-refractivity contribution is 5.88. The molecule has 4 nitrogen and oxygen atoms in total. The van der Waals surface area contributed by atoms with Gasteiger partial charge in [-0.25, -0.2) is 9.59 Å². The number of ether oxygens (including phenoxy) is 1. The van der Waals surface area contributed by atoms with Gasteiger partial charge in [0.2, 0.25) is 0 Å². The third-order valence-electron chi connectivity index (χ3n) is 2.14. The lowest BCUT2D eigenvalue weighted by Crippen LogP contribution is -2.08. The van der Waals surface area contributed by atoms with Gasteiger partial charge in [0, 0.05) is 11.6 Å². The van der Waals surface area contributed by atoms with E-state index in [1.54, 1.807) is 0 Å². The van der Waals surface area contributed by atoms with Crippen LogP contribution < -0.4 is 0 Å². The number of hydrogen-bond donors (Lipinski definition) is 1. The summed E-state index contributed by atoms with van der Waals surface area (Å²) in [7, 11) is 0. The molecule has 0 radical (unpaired) electrons. The van der Waals surface area contributed by atoms with Gasteiger partial charge in [-0.3, -0.25) is 0 Å². The molecule has 0 aromatic carbocycles. The second-order valence-electron chi connectivity index (χ2n) is 3.74. The molecule has 0 saturated heterocycles. The van der Waals surface area contributed by atoms with Gasteiger partial charge in [0.15, 0.2) is 0 Å². The Kier molecular flexibility index (Phi) is 8.74. The van der Waals surface area contributed by atoms with E-state index in [0.29, 0.717) is 6.61 Å². The van der Waals surface area contributed by atoms with Crippen molar-refractivity contribution in [2.24, 2.45) is 0 Å². The maximum absolute atomic E-state index is 11.3. The third kappa shape index (κ3) is 9.35. The van der Waals surface area contributed by atoms with Gasteiger partial charge in [-0.1, -0.05) is 38.8 Å². The standard InChI is InChI=1S/C13H20O4/c1-3-4-5-6-10-17-13(16)11(2)8-7-9-12(14)15/h7,9H,2-6,8,10H2,1H3,(H,14,15). The molecule has 0 fully saturated rings. The van der Waals surface area contributed by atoms with Crippen molar-refractivity contribution in [2.45, 2.75) is 39.0 Å². The Morgan fingerprint density at radius 2 is 2.00 bits per heavy atom. The summed E-state index contributed by atoms with van der Waals surface area (Å²) in [4.78, 5) is 21.5. The summed E-state index contributed by atoms with van der Waals surface area (Å²) in [6.45, 7) is 6.06. The molecule has 96 valence electrons. The zero-order valence-electron chi connectivity index (χ0n) is 10.3. The number of carboxylic acids is 1. The normalized spacial score (nSPS) is 10.4. The van der Waals surface area contributed by atoms with Gasteiger partial charge in [0.1, 0.15) is 0 Å². The first-order chi connectivity index (χ1) is 8.07. The van der Waals surface area contributed by atoms with Gasteiger partial charge in [-0.05, 0) is 12.8 Å². The summed E-state index contributed by atoms with van der Waals surface area (Å²) < 4.78 is 4.99. The van der Waals surface area contributed by atoms with Gasteiger partial charge in [0.25, 0.3) is 0 Å². The monoisotopic (exact) mass is 240 g/mol. The van der Waals surface area contributed by atoms with Gasteiger partial charge in [-0.2, -0.15) is 0 Å². The summed E-state index contributed by atoms with van der Waals surface area (Å²) in [6, 6.07) is 0. The molecule has 0 heterocycles. The fraction of sp³-hybridized carbons (Fsp3) is 0.538. The summed E-state index contributed by atoms with van der Waals surface area (Å²) in [5, 5.41) is 8.36. The second-order valence-corrected chi connectivity index (χ2v) is 3.74. The zero-order valence-corrected chi connectivity index (χ0v) is 10.3. The van der Waals surface area contributed by atoms with Crippen LogP contribution in [0.3, 0.4) is 0 Å². The third-order valence-corrected chi connectivity index (χ3v) is 2.14. The van der Waals surface area contributed by atoms with Crippen molar-refractivity contribution in [1.82, 2.24) is 0 Å². The molecule has 0 aromatic heterocycles. The molecule has 0 atom stereocenters. The fourth-order valence-electron chi connectivity index (χ4n) is 1.18. The highest BCUT2D eigenvalue weighted by Gasteiger charge is 2.06. The molecule has 0 amide bonds. The van der Waals surface area contributed by atoms with Crippen molar-refractivity contribution in [2.75, 3.05) is 6.61 Å². The Bertz CT molecular complexity index is 292. The van der Waals surface area contributed by atoms with E-state index in [1.807, 2.05) is 0 Å². The largest absolute Gasteiger partial charge is 0.478 e. The lowest BCUT2D eigenvalue weighted by molar-refractivity contribution is -0.139. The van der Waals surface area contributed by atoms with Crippen LogP contribution in [0.5, 0.6) is 0 Å². The lowest BCUT2D eigenvalue weighted by Gasteiger charge is -2.05. The summed E-state index contributed by atoms with van der Waals surface area (Å²) in [6.07, 6.45) is 6.76. The first-order valence-corrected chi connectivity index (χ1v) is 5.82. The Hall–Kier alpha value is -1.58. The topological polar surface area (TPSA) is 63.6 Å². The highest BCUT2D eigenvalue weighted by atomic mass is 16.5. The lowest BCUT2D eigenvalue weighted by atomic mass is 10.2. The SMILES string of the molecule is C=C(CC=CC(=O)O)C(=O)OCCCCCC. The average molecular weight is 240 g/mol. The van der Waals surface area contributed by atoms with E-state index in [2.05, 4.69) is 13.5 Å². The first kappa shape index (κ1) is 15.4. The Balaban J connectivity index is 3.68. The van der Waals surface area contributed by atoms with E-state index < -0.39 is 11.9 Å². The minimum Gasteiger partial charge on any atom is -0.478 e. The van der Waals surface area contributed by atoms with Gasteiger partial charge < -0.3 is 9.84 Å². The molecule has 0 aliphatic carbocycles. The highest BCUT2D eigenvalue weighted by Crippen LogP contribution is 2.04.